The number of pyridine rings is 3. The van der Waals surface area contributed by atoms with Crippen LogP contribution in [0, 0.1) is 5.21 Å². The first-order chi connectivity index (χ1) is 14.5. The molecule has 0 N–H and O–H groups in total. The summed E-state index contributed by atoms with van der Waals surface area (Å²) in [6.45, 7) is 3.18. The van der Waals surface area contributed by atoms with Gasteiger partial charge in [-0.05, 0) is 36.2 Å². The number of halogens is 1. The number of hydrogen-bond acceptors (Lipinski definition) is 6. The third-order valence-electron chi connectivity index (χ3n) is 4.88. The molecule has 4 heterocycles. The van der Waals surface area contributed by atoms with Crippen molar-refractivity contribution in [2.75, 3.05) is 23.4 Å². The van der Waals surface area contributed by atoms with E-state index in [-0.39, 0.29) is 12.5 Å². The number of anilines is 3. The lowest BCUT2D eigenvalue weighted by Gasteiger charge is -2.23. The Labute approximate surface area is 178 Å². The molecule has 3 aromatic rings. The van der Waals surface area contributed by atoms with Crippen LogP contribution in [0.2, 0.25) is 5.15 Å². The Morgan fingerprint density at radius 3 is 2.60 bits per heavy atom. The van der Waals surface area contributed by atoms with Crippen molar-refractivity contribution in [3.8, 4) is 0 Å². The Balaban J connectivity index is 1.61. The van der Waals surface area contributed by atoms with Gasteiger partial charge in [-0.25, -0.2) is 9.97 Å². The molecule has 0 saturated carbocycles. The quantitative estimate of drug-likeness (QED) is 0.354. The second kappa shape index (κ2) is 8.25. The Bertz CT molecular complexity index is 1090. The molecule has 3 aromatic heterocycles. The molecular formula is C21H20ClN5O3. The zero-order chi connectivity index (χ0) is 21.3. The van der Waals surface area contributed by atoms with Gasteiger partial charge >= 0.3 is 0 Å². The second-order valence-corrected chi connectivity index (χ2v) is 7.25. The molecule has 1 aliphatic rings. The van der Waals surface area contributed by atoms with Gasteiger partial charge in [-0.2, -0.15) is 4.73 Å². The van der Waals surface area contributed by atoms with Gasteiger partial charge in [0.2, 0.25) is 0 Å². The second-order valence-electron chi connectivity index (χ2n) is 6.86. The van der Waals surface area contributed by atoms with E-state index in [4.69, 9.17) is 16.3 Å². The van der Waals surface area contributed by atoms with E-state index in [0.29, 0.717) is 41.2 Å². The van der Waals surface area contributed by atoms with Gasteiger partial charge in [0.15, 0.2) is 18.2 Å². The lowest BCUT2D eigenvalue weighted by atomic mass is 10.1. The number of rotatable bonds is 5. The highest BCUT2D eigenvalue weighted by Gasteiger charge is 2.30. The van der Waals surface area contributed by atoms with Gasteiger partial charge in [0, 0.05) is 31.9 Å². The van der Waals surface area contributed by atoms with Crippen molar-refractivity contribution in [2.24, 2.45) is 0 Å². The fraction of sp³-hybridized carbons (Fsp3) is 0.238. The maximum Gasteiger partial charge on any atom is 0.261 e. The fourth-order valence-electron chi connectivity index (χ4n) is 3.35. The summed E-state index contributed by atoms with van der Waals surface area (Å²) in [6, 6.07) is 8.66. The van der Waals surface area contributed by atoms with Crippen LogP contribution in [0.5, 0.6) is 0 Å². The van der Waals surface area contributed by atoms with E-state index < -0.39 is 0 Å². The first-order valence-corrected chi connectivity index (χ1v) is 9.82. The Morgan fingerprint density at radius 2 is 1.87 bits per heavy atom. The van der Waals surface area contributed by atoms with E-state index in [1.807, 2.05) is 11.8 Å². The Kier molecular flexibility index (Phi) is 5.52. The highest BCUT2D eigenvalue weighted by Crippen LogP contribution is 2.38. The van der Waals surface area contributed by atoms with Gasteiger partial charge in [-0.3, -0.25) is 4.79 Å². The zero-order valence-corrected chi connectivity index (χ0v) is 17.3. The maximum atomic E-state index is 13.2. The molecule has 4 rings (SSSR count). The monoisotopic (exact) mass is 425 g/mol. The maximum absolute atomic E-state index is 13.2. The third-order valence-corrected chi connectivity index (χ3v) is 5.09. The minimum absolute atomic E-state index is 0.177. The van der Waals surface area contributed by atoms with Crippen LogP contribution in [-0.4, -0.2) is 29.5 Å². The first kappa shape index (κ1) is 20.1. The summed E-state index contributed by atoms with van der Waals surface area (Å²) < 4.78 is 6.46. The van der Waals surface area contributed by atoms with Crippen LogP contribution in [0.15, 0.2) is 48.9 Å². The van der Waals surface area contributed by atoms with Gasteiger partial charge in [0.25, 0.3) is 5.91 Å². The summed E-state index contributed by atoms with van der Waals surface area (Å²) in [5.41, 5.74) is 2.80. The van der Waals surface area contributed by atoms with E-state index in [2.05, 4.69) is 9.97 Å². The Hall–Kier alpha value is -3.23. The first-order valence-electron chi connectivity index (χ1n) is 9.44. The van der Waals surface area contributed by atoms with Gasteiger partial charge in [-0.15, -0.1) is 0 Å². The van der Waals surface area contributed by atoms with E-state index in [9.17, 15) is 10.0 Å². The molecule has 30 heavy (non-hydrogen) atoms. The van der Waals surface area contributed by atoms with Crippen molar-refractivity contribution in [2.45, 2.75) is 20.1 Å². The standard InChI is InChI=1S/C21H20ClN5O3/c1-3-27-19-16(21(28)25(2)17-4-5-18(22)24-20(17)27)10-15(11-23-19)13-30-12-14-6-8-26(29)9-7-14/h4-11H,3,12-13H2,1-2H3. The van der Waals surface area contributed by atoms with Crippen LogP contribution in [-0.2, 0) is 18.0 Å². The lowest BCUT2D eigenvalue weighted by molar-refractivity contribution is -0.605. The number of amides is 1. The van der Waals surface area contributed by atoms with Crippen molar-refractivity contribution in [1.82, 2.24) is 9.97 Å². The van der Waals surface area contributed by atoms with Crippen LogP contribution >= 0.6 is 11.6 Å². The predicted molar refractivity (Wildman–Crippen MR) is 113 cm³/mol. The van der Waals surface area contributed by atoms with Gasteiger partial charge in [0.05, 0.1) is 24.5 Å². The molecule has 0 atom stereocenters. The van der Waals surface area contributed by atoms with Crippen molar-refractivity contribution in [3.05, 3.63) is 76.0 Å². The van der Waals surface area contributed by atoms with Crippen molar-refractivity contribution < 1.29 is 14.3 Å². The predicted octanol–water partition coefficient (Wildman–Crippen LogP) is 3.23. The highest BCUT2D eigenvalue weighted by molar-refractivity contribution is 6.29. The zero-order valence-electron chi connectivity index (χ0n) is 16.6. The minimum atomic E-state index is -0.177. The average Bonchev–Trinajstić information content (AvgIpc) is 2.83. The molecule has 0 bridgehead atoms. The molecule has 0 unspecified atom stereocenters. The molecule has 154 valence electrons. The normalized spacial score (nSPS) is 13.1. The molecule has 1 amide bonds. The molecule has 8 nitrogen and oxygen atoms in total. The van der Waals surface area contributed by atoms with E-state index >= 15 is 0 Å². The topological polar surface area (TPSA) is 85.5 Å². The van der Waals surface area contributed by atoms with Crippen LogP contribution in [0.1, 0.15) is 28.4 Å². The van der Waals surface area contributed by atoms with Gasteiger partial charge in [0.1, 0.15) is 11.0 Å². The molecule has 0 saturated heterocycles. The minimum Gasteiger partial charge on any atom is -0.619 e. The molecule has 0 fully saturated rings. The van der Waals surface area contributed by atoms with E-state index in [1.54, 1.807) is 48.5 Å². The summed E-state index contributed by atoms with van der Waals surface area (Å²) in [4.78, 5) is 25.6. The smallest absolute Gasteiger partial charge is 0.261 e. The lowest BCUT2D eigenvalue weighted by Crippen LogP contribution is -2.25. The van der Waals surface area contributed by atoms with Crippen molar-refractivity contribution >= 4 is 34.8 Å². The molecule has 0 spiro atoms. The third kappa shape index (κ3) is 3.79. The number of aromatic nitrogens is 3. The molecule has 9 heteroatoms. The van der Waals surface area contributed by atoms with Crippen LogP contribution in [0.3, 0.4) is 0 Å². The molecule has 0 aliphatic carbocycles. The largest absolute Gasteiger partial charge is 0.619 e. The summed E-state index contributed by atoms with van der Waals surface area (Å²) >= 11 is 6.11. The molecule has 0 radical (unpaired) electrons. The van der Waals surface area contributed by atoms with Crippen molar-refractivity contribution in [3.63, 3.8) is 0 Å². The number of carbonyl (C=O) groups excluding carboxylic acids is 1. The fourth-order valence-corrected chi connectivity index (χ4v) is 3.49. The SMILES string of the molecule is CCN1c2ncc(COCc3cc[n+]([O-])cc3)cc2C(=O)N(C)c2ccc(Cl)nc21. The highest BCUT2D eigenvalue weighted by atomic mass is 35.5. The number of hydrogen-bond donors (Lipinski definition) is 0. The summed E-state index contributed by atoms with van der Waals surface area (Å²) in [5, 5.41) is 11.5. The summed E-state index contributed by atoms with van der Waals surface area (Å²) in [6.07, 6.45) is 4.55. The van der Waals surface area contributed by atoms with Crippen LogP contribution in [0.4, 0.5) is 17.3 Å². The molecular weight excluding hydrogens is 406 g/mol. The number of fused-ring (bicyclic) bond motifs is 2. The van der Waals surface area contributed by atoms with E-state index in [1.165, 1.54) is 12.4 Å². The number of ether oxygens (including phenoxy) is 1. The number of carbonyl (C=O) groups is 1. The van der Waals surface area contributed by atoms with Crippen LogP contribution in [0.25, 0.3) is 0 Å². The average molecular weight is 426 g/mol. The molecule has 1 aliphatic heterocycles. The Morgan fingerprint density at radius 1 is 1.13 bits per heavy atom. The summed E-state index contributed by atoms with van der Waals surface area (Å²) in [7, 11) is 1.71. The van der Waals surface area contributed by atoms with Gasteiger partial charge in [-0.1, -0.05) is 11.6 Å². The molecule has 0 aromatic carbocycles. The number of nitrogens with zero attached hydrogens (tertiary/aromatic N) is 5. The van der Waals surface area contributed by atoms with Crippen molar-refractivity contribution in [1.29, 1.82) is 0 Å². The van der Waals surface area contributed by atoms with E-state index in [0.717, 1.165) is 15.9 Å². The summed E-state index contributed by atoms with van der Waals surface area (Å²) in [5.74, 6) is 0.953. The van der Waals surface area contributed by atoms with Gasteiger partial charge < -0.3 is 19.7 Å². The van der Waals surface area contributed by atoms with Crippen LogP contribution < -0.4 is 14.5 Å².